The molecule has 0 amide bonds. The average molecular weight is 409 g/mol. The second-order valence-electron chi connectivity index (χ2n) is 5.79. The predicted molar refractivity (Wildman–Crippen MR) is 103 cm³/mol. The highest BCUT2D eigenvalue weighted by Crippen LogP contribution is 2.39. The third-order valence-electron chi connectivity index (χ3n) is 4.14. The van der Waals surface area contributed by atoms with Gasteiger partial charge in [-0.05, 0) is 30.7 Å². The summed E-state index contributed by atoms with van der Waals surface area (Å²) in [5, 5.41) is 0. The van der Waals surface area contributed by atoms with E-state index in [1.807, 2.05) is 0 Å². The zero-order chi connectivity index (χ0) is 20.9. The van der Waals surface area contributed by atoms with Crippen molar-refractivity contribution in [3.05, 3.63) is 47.0 Å². The lowest BCUT2D eigenvalue weighted by molar-refractivity contribution is 0.0600. The minimum Gasteiger partial charge on any atom is -0.493 e. The van der Waals surface area contributed by atoms with Crippen LogP contribution in [0.3, 0.4) is 0 Å². The molecular formula is C19H23NO7S. The van der Waals surface area contributed by atoms with E-state index in [2.05, 4.69) is 9.46 Å². The largest absolute Gasteiger partial charge is 0.493 e. The highest BCUT2D eigenvalue weighted by Gasteiger charge is 2.21. The van der Waals surface area contributed by atoms with Gasteiger partial charge in [0, 0.05) is 12.1 Å². The molecule has 0 radical (unpaired) electrons. The molecule has 0 unspecified atom stereocenters. The maximum absolute atomic E-state index is 12.8. The molecule has 0 saturated carbocycles. The van der Waals surface area contributed by atoms with Gasteiger partial charge in [0.1, 0.15) is 0 Å². The third kappa shape index (κ3) is 4.37. The second-order valence-corrected chi connectivity index (χ2v) is 7.53. The number of ether oxygens (including phenoxy) is 4. The van der Waals surface area contributed by atoms with Gasteiger partial charge in [-0.2, -0.15) is 0 Å². The molecular weight excluding hydrogens is 386 g/mol. The number of sulfonamides is 1. The van der Waals surface area contributed by atoms with Gasteiger partial charge >= 0.3 is 5.97 Å². The first-order valence-electron chi connectivity index (χ1n) is 8.25. The zero-order valence-electron chi connectivity index (χ0n) is 16.4. The SMILES string of the molecule is COC(=O)c1ccc(C)c(S(=O)(=O)NCc2ccc(OC)c(OC)c2OC)c1. The van der Waals surface area contributed by atoms with Gasteiger partial charge < -0.3 is 18.9 Å². The molecule has 28 heavy (non-hydrogen) atoms. The maximum Gasteiger partial charge on any atom is 0.337 e. The Labute approximate surface area is 164 Å². The fraction of sp³-hybridized carbons (Fsp3) is 0.316. The van der Waals surface area contributed by atoms with Crippen molar-refractivity contribution in [2.75, 3.05) is 28.4 Å². The van der Waals surface area contributed by atoms with E-state index in [9.17, 15) is 13.2 Å². The molecule has 9 heteroatoms. The van der Waals surface area contributed by atoms with Crippen LogP contribution in [0.2, 0.25) is 0 Å². The first kappa shape index (κ1) is 21.5. The Balaban J connectivity index is 2.36. The van der Waals surface area contributed by atoms with Crippen molar-refractivity contribution >= 4 is 16.0 Å². The summed E-state index contributed by atoms with van der Waals surface area (Å²) in [6, 6.07) is 7.69. The normalized spacial score (nSPS) is 11.0. The predicted octanol–water partition coefficient (Wildman–Crippen LogP) is 2.29. The maximum atomic E-state index is 12.8. The molecule has 2 aromatic carbocycles. The molecule has 0 heterocycles. The van der Waals surface area contributed by atoms with Crippen LogP contribution in [0, 0.1) is 6.92 Å². The van der Waals surface area contributed by atoms with Gasteiger partial charge in [0.05, 0.1) is 38.9 Å². The molecule has 0 saturated heterocycles. The Hall–Kier alpha value is -2.78. The van der Waals surface area contributed by atoms with Crippen molar-refractivity contribution < 1.29 is 32.2 Å². The van der Waals surface area contributed by atoms with Crippen LogP contribution in [0.25, 0.3) is 0 Å². The van der Waals surface area contributed by atoms with Gasteiger partial charge in [0.2, 0.25) is 15.8 Å². The van der Waals surface area contributed by atoms with Crippen LogP contribution in [0.4, 0.5) is 0 Å². The number of nitrogens with one attached hydrogen (secondary N) is 1. The standard InChI is InChI=1S/C19H23NO7S/c1-12-6-7-13(19(21)27-5)10-16(12)28(22,23)20-11-14-8-9-15(24-2)18(26-4)17(14)25-3/h6-10,20H,11H2,1-5H3. The number of methoxy groups -OCH3 is 4. The molecule has 0 aliphatic carbocycles. The quantitative estimate of drug-likeness (QED) is 0.668. The lowest BCUT2D eigenvalue weighted by Gasteiger charge is -2.16. The second kappa shape index (κ2) is 8.94. The summed E-state index contributed by atoms with van der Waals surface area (Å²) in [5.41, 5.74) is 1.21. The van der Waals surface area contributed by atoms with Crippen LogP contribution < -0.4 is 18.9 Å². The molecule has 0 spiro atoms. The number of carbonyl (C=O) groups excluding carboxylic acids is 1. The lowest BCUT2D eigenvalue weighted by atomic mass is 10.1. The Morgan fingerprint density at radius 1 is 0.964 bits per heavy atom. The highest BCUT2D eigenvalue weighted by molar-refractivity contribution is 7.89. The number of esters is 1. The molecule has 0 aliphatic rings. The summed E-state index contributed by atoms with van der Waals surface area (Å²) < 4.78 is 48.7. The van der Waals surface area contributed by atoms with E-state index < -0.39 is 16.0 Å². The summed E-state index contributed by atoms with van der Waals surface area (Å²) in [7, 11) is 1.76. The van der Waals surface area contributed by atoms with E-state index in [0.717, 1.165) is 0 Å². The molecule has 1 N–H and O–H groups in total. The van der Waals surface area contributed by atoms with Crippen LogP contribution in [0.15, 0.2) is 35.2 Å². The summed E-state index contributed by atoms with van der Waals surface area (Å²) >= 11 is 0. The minimum absolute atomic E-state index is 0.00477. The summed E-state index contributed by atoms with van der Waals surface area (Å²) in [6.45, 7) is 1.60. The minimum atomic E-state index is -3.90. The van der Waals surface area contributed by atoms with Crippen LogP contribution >= 0.6 is 0 Å². The van der Waals surface area contributed by atoms with Crippen LogP contribution in [-0.2, 0) is 21.3 Å². The number of hydrogen-bond acceptors (Lipinski definition) is 7. The molecule has 8 nitrogen and oxygen atoms in total. The van der Waals surface area contributed by atoms with E-state index >= 15 is 0 Å². The molecule has 2 aromatic rings. The summed E-state index contributed by atoms with van der Waals surface area (Å²) in [4.78, 5) is 11.7. The van der Waals surface area contributed by atoms with Crippen molar-refractivity contribution in [1.29, 1.82) is 0 Å². The summed E-state index contributed by atoms with van der Waals surface area (Å²) in [5.74, 6) is 0.584. The van der Waals surface area contributed by atoms with Crippen molar-refractivity contribution in [3.63, 3.8) is 0 Å². The van der Waals surface area contributed by atoms with Crippen LogP contribution in [0.1, 0.15) is 21.5 Å². The Kier molecular flexibility index (Phi) is 6.87. The third-order valence-corrected chi connectivity index (χ3v) is 5.68. The lowest BCUT2D eigenvalue weighted by Crippen LogP contribution is -2.24. The van der Waals surface area contributed by atoms with Gasteiger partial charge in [-0.25, -0.2) is 17.9 Å². The van der Waals surface area contributed by atoms with Gasteiger partial charge in [0.25, 0.3) is 0 Å². The Morgan fingerprint density at radius 3 is 2.21 bits per heavy atom. The topological polar surface area (TPSA) is 100 Å². The van der Waals surface area contributed by atoms with Crippen LogP contribution in [-0.4, -0.2) is 42.8 Å². The average Bonchev–Trinajstić information content (AvgIpc) is 2.70. The van der Waals surface area contributed by atoms with E-state index in [4.69, 9.17) is 14.2 Å². The number of carbonyl (C=O) groups is 1. The number of hydrogen-bond donors (Lipinski definition) is 1. The fourth-order valence-corrected chi connectivity index (χ4v) is 3.96. The molecule has 152 valence electrons. The van der Waals surface area contributed by atoms with E-state index in [-0.39, 0.29) is 17.0 Å². The van der Waals surface area contributed by atoms with Crippen molar-refractivity contribution in [2.24, 2.45) is 0 Å². The summed E-state index contributed by atoms with van der Waals surface area (Å²) in [6.07, 6.45) is 0. The first-order chi connectivity index (χ1) is 13.3. The molecule has 2 rings (SSSR count). The number of rotatable bonds is 8. The van der Waals surface area contributed by atoms with E-state index in [1.54, 1.807) is 25.1 Å². The zero-order valence-corrected chi connectivity index (χ0v) is 17.2. The molecule has 0 fully saturated rings. The smallest absolute Gasteiger partial charge is 0.337 e. The molecule has 0 atom stereocenters. The molecule has 0 bridgehead atoms. The monoisotopic (exact) mass is 409 g/mol. The van der Waals surface area contributed by atoms with E-state index in [1.165, 1.54) is 40.6 Å². The molecule has 0 aromatic heterocycles. The first-order valence-corrected chi connectivity index (χ1v) is 9.73. The van der Waals surface area contributed by atoms with Crippen molar-refractivity contribution in [3.8, 4) is 17.2 Å². The van der Waals surface area contributed by atoms with Crippen LogP contribution in [0.5, 0.6) is 17.2 Å². The van der Waals surface area contributed by atoms with Gasteiger partial charge in [-0.3, -0.25) is 0 Å². The van der Waals surface area contributed by atoms with E-state index in [0.29, 0.717) is 28.4 Å². The van der Waals surface area contributed by atoms with Crippen molar-refractivity contribution in [2.45, 2.75) is 18.4 Å². The highest BCUT2D eigenvalue weighted by atomic mass is 32.2. The van der Waals surface area contributed by atoms with Gasteiger partial charge in [-0.15, -0.1) is 0 Å². The van der Waals surface area contributed by atoms with Crippen molar-refractivity contribution in [1.82, 2.24) is 4.72 Å². The number of aryl methyl sites for hydroxylation is 1. The molecule has 0 aliphatic heterocycles. The fourth-order valence-electron chi connectivity index (χ4n) is 2.69. The Morgan fingerprint density at radius 2 is 1.64 bits per heavy atom. The van der Waals surface area contributed by atoms with Gasteiger partial charge in [-0.1, -0.05) is 12.1 Å². The number of benzene rings is 2. The van der Waals surface area contributed by atoms with Gasteiger partial charge in [0.15, 0.2) is 11.5 Å². The Bertz CT molecular complexity index is 970.